The number of nitrogens with zero attached hydrogens (tertiary/aromatic N) is 2. The highest BCUT2D eigenvalue weighted by atomic mass is 35.5. The number of aryl methyl sites for hydroxylation is 1. The average molecular weight is 292 g/mol. The first-order valence-corrected chi connectivity index (χ1v) is 7.61. The summed E-state index contributed by atoms with van der Waals surface area (Å²) in [5.74, 6) is 0. The summed E-state index contributed by atoms with van der Waals surface area (Å²) in [6.45, 7) is 6.18. The van der Waals surface area contributed by atoms with Gasteiger partial charge in [0.1, 0.15) is 0 Å². The van der Waals surface area contributed by atoms with Crippen LogP contribution in [-0.4, -0.2) is 16.3 Å². The molecule has 0 bridgehead atoms. The Bertz CT molecular complexity index is 536. The van der Waals surface area contributed by atoms with E-state index in [0.717, 1.165) is 31.0 Å². The van der Waals surface area contributed by atoms with E-state index in [4.69, 9.17) is 11.6 Å². The van der Waals surface area contributed by atoms with Gasteiger partial charge in [0.05, 0.1) is 6.20 Å². The molecule has 2 rings (SSSR count). The molecule has 1 N–H and O–H groups in total. The van der Waals surface area contributed by atoms with Crippen molar-refractivity contribution in [3.8, 4) is 0 Å². The van der Waals surface area contributed by atoms with E-state index < -0.39 is 0 Å². The molecule has 3 nitrogen and oxygen atoms in total. The van der Waals surface area contributed by atoms with Gasteiger partial charge in [0.2, 0.25) is 0 Å². The molecule has 1 atom stereocenters. The lowest BCUT2D eigenvalue weighted by Gasteiger charge is -2.18. The maximum atomic E-state index is 6.11. The van der Waals surface area contributed by atoms with E-state index >= 15 is 0 Å². The van der Waals surface area contributed by atoms with Crippen molar-refractivity contribution >= 4 is 11.6 Å². The molecule has 1 heterocycles. The fourth-order valence-electron chi connectivity index (χ4n) is 2.27. The first kappa shape index (κ1) is 15.1. The molecule has 0 saturated carbocycles. The van der Waals surface area contributed by atoms with Crippen molar-refractivity contribution in [1.29, 1.82) is 0 Å². The number of benzene rings is 1. The van der Waals surface area contributed by atoms with Gasteiger partial charge in [-0.05, 0) is 49.6 Å². The van der Waals surface area contributed by atoms with E-state index in [-0.39, 0.29) is 6.04 Å². The summed E-state index contributed by atoms with van der Waals surface area (Å²) >= 11 is 6.11. The highest BCUT2D eigenvalue weighted by Gasteiger charge is 2.13. The van der Waals surface area contributed by atoms with Crippen LogP contribution in [-0.2, 0) is 13.0 Å². The third kappa shape index (κ3) is 4.09. The Morgan fingerprint density at radius 3 is 2.85 bits per heavy atom. The third-order valence-electron chi connectivity index (χ3n) is 3.34. The monoisotopic (exact) mass is 291 g/mol. The van der Waals surface area contributed by atoms with Crippen LogP contribution in [0, 0.1) is 0 Å². The molecule has 0 fully saturated rings. The smallest absolute Gasteiger partial charge is 0.0522 e. The Labute approximate surface area is 126 Å². The average Bonchev–Trinajstić information content (AvgIpc) is 2.91. The van der Waals surface area contributed by atoms with Gasteiger partial charge in [-0.1, -0.05) is 30.7 Å². The lowest BCUT2D eigenvalue weighted by molar-refractivity contribution is 0.529. The van der Waals surface area contributed by atoms with Crippen molar-refractivity contribution < 1.29 is 0 Å². The van der Waals surface area contributed by atoms with E-state index in [0.29, 0.717) is 0 Å². The molecule has 0 aliphatic carbocycles. The van der Waals surface area contributed by atoms with E-state index in [1.54, 1.807) is 0 Å². The summed E-state index contributed by atoms with van der Waals surface area (Å²) in [5.41, 5.74) is 2.48. The molecule has 1 aromatic heterocycles. The second-order valence-electron chi connectivity index (χ2n) is 4.97. The Kier molecular flexibility index (Phi) is 5.62. The molecule has 0 spiro atoms. The molecule has 1 unspecified atom stereocenters. The van der Waals surface area contributed by atoms with Gasteiger partial charge in [-0.25, -0.2) is 0 Å². The largest absolute Gasteiger partial charge is 0.310 e. The molecule has 108 valence electrons. The maximum absolute atomic E-state index is 6.11. The van der Waals surface area contributed by atoms with Crippen molar-refractivity contribution in [2.24, 2.45) is 0 Å². The molecule has 2 aromatic rings. The number of aromatic nitrogens is 2. The van der Waals surface area contributed by atoms with E-state index in [1.165, 1.54) is 11.1 Å². The summed E-state index contributed by atoms with van der Waals surface area (Å²) in [5, 5.41) is 8.72. The SMILES string of the molecule is CCCNC(Cc1cnn(CC)c1)c1cccc(Cl)c1. The number of rotatable bonds is 7. The van der Waals surface area contributed by atoms with Crippen LogP contribution in [0.15, 0.2) is 36.7 Å². The fraction of sp³-hybridized carbons (Fsp3) is 0.438. The molecular weight excluding hydrogens is 270 g/mol. The Morgan fingerprint density at radius 1 is 1.35 bits per heavy atom. The molecule has 0 amide bonds. The summed E-state index contributed by atoms with van der Waals surface area (Å²) in [6, 6.07) is 8.37. The second kappa shape index (κ2) is 7.46. The number of hydrogen-bond donors (Lipinski definition) is 1. The van der Waals surface area contributed by atoms with Gasteiger partial charge in [0, 0.05) is 23.8 Å². The van der Waals surface area contributed by atoms with Crippen LogP contribution in [0.25, 0.3) is 0 Å². The summed E-state index contributed by atoms with van der Waals surface area (Å²) in [7, 11) is 0. The Hall–Kier alpha value is -1.32. The molecule has 1 aromatic carbocycles. The zero-order chi connectivity index (χ0) is 14.4. The van der Waals surface area contributed by atoms with Gasteiger partial charge in [0.15, 0.2) is 0 Å². The number of halogens is 1. The molecule has 0 aliphatic rings. The van der Waals surface area contributed by atoms with E-state index in [1.807, 2.05) is 29.1 Å². The molecule has 4 heteroatoms. The summed E-state index contributed by atoms with van der Waals surface area (Å²) < 4.78 is 1.96. The minimum Gasteiger partial charge on any atom is -0.310 e. The first-order chi connectivity index (χ1) is 9.72. The number of nitrogens with one attached hydrogen (secondary N) is 1. The quantitative estimate of drug-likeness (QED) is 0.840. The van der Waals surface area contributed by atoms with Crippen LogP contribution < -0.4 is 5.32 Å². The Balaban J connectivity index is 2.14. The van der Waals surface area contributed by atoms with Crippen molar-refractivity contribution in [2.75, 3.05) is 6.54 Å². The first-order valence-electron chi connectivity index (χ1n) is 7.23. The van der Waals surface area contributed by atoms with Crippen molar-refractivity contribution in [1.82, 2.24) is 15.1 Å². The number of hydrogen-bond acceptors (Lipinski definition) is 2. The molecule has 0 radical (unpaired) electrons. The van der Waals surface area contributed by atoms with Crippen LogP contribution >= 0.6 is 11.6 Å². The lowest BCUT2D eigenvalue weighted by Crippen LogP contribution is -2.24. The van der Waals surface area contributed by atoms with E-state index in [9.17, 15) is 0 Å². The standard InChI is InChI=1S/C16H22ClN3/c1-3-8-18-16(14-6-5-7-15(17)10-14)9-13-11-19-20(4-2)12-13/h5-7,10-12,16,18H,3-4,8-9H2,1-2H3. The molecular formula is C16H22ClN3. The topological polar surface area (TPSA) is 29.9 Å². The summed E-state index contributed by atoms with van der Waals surface area (Å²) in [6.07, 6.45) is 6.12. The predicted molar refractivity (Wildman–Crippen MR) is 84.1 cm³/mol. The van der Waals surface area contributed by atoms with Crippen LogP contribution in [0.5, 0.6) is 0 Å². The normalized spacial score (nSPS) is 12.6. The Morgan fingerprint density at radius 2 is 2.20 bits per heavy atom. The van der Waals surface area contributed by atoms with Gasteiger partial charge in [-0.2, -0.15) is 5.10 Å². The van der Waals surface area contributed by atoms with Crippen molar-refractivity contribution in [3.63, 3.8) is 0 Å². The minimum absolute atomic E-state index is 0.281. The van der Waals surface area contributed by atoms with Gasteiger partial charge in [0.25, 0.3) is 0 Å². The van der Waals surface area contributed by atoms with Crippen molar-refractivity contribution in [3.05, 3.63) is 52.8 Å². The minimum atomic E-state index is 0.281. The lowest BCUT2D eigenvalue weighted by atomic mass is 10.0. The van der Waals surface area contributed by atoms with Crippen LogP contribution in [0.1, 0.15) is 37.4 Å². The van der Waals surface area contributed by atoms with E-state index in [2.05, 4.69) is 36.5 Å². The van der Waals surface area contributed by atoms with Gasteiger partial charge in [-0.3, -0.25) is 4.68 Å². The second-order valence-corrected chi connectivity index (χ2v) is 5.41. The van der Waals surface area contributed by atoms with Gasteiger partial charge < -0.3 is 5.32 Å². The summed E-state index contributed by atoms with van der Waals surface area (Å²) in [4.78, 5) is 0. The molecule has 0 saturated heterocycles. The zero-order valence-corrected chi connectivity index (χ0v) is 12.9. The van der Waals surface area contributed by atoms with Crippen LogP contribution in [0.2, 0.25) is 5.02 Å². The maximum Gasteiger partial charge on any atom is 0.0522 e. The third-order valence-corrected chi connectivity index (χ3v) is 3.58. The van der Waals surface area contributed by atoms with Crippen LogP contribution in [0.3, 0.4) is 0 Å². The predicted octanol–water partition coefficient (Wildman–Crippen LogP) is 3.84. The van der Waals surface area contributed by atoms with Gasteiger partial charge >= 0.3 is 0 Å². The van der Waals surface area contributed by atoms with Gasteiger partial charge in [-0.15, -0.1) is 0 Å². The zero-order valence-electron chi connectivity index (χ0n) is 12.1. The van der Waals surface area contributed by atoms with Crippen LogP contribution in [0.4, 0.5) is 0 Å². The fourth-order valence-corrected chi connectivity index (χ4v) is 2.47. The molecule has 0 aliphatic heterocycles. The molecule has 20 heavy (non-hydrogen) atoms. The van der Waals surface area contributed by atoms with Crippen molar-refractivity contribution in [2.45, 2.75) is 39.3 Å². The highest BCUT2D eigenvalue weighted by Crippen LogP contribution is 2.21. The highest BCUT2D eigenvalue weighted by molar-refractivity contribution is 6.30.